The van der Waals surface area contributed by atoms with Crippen LogP contribution in [0.3, 0.4) is 0 Å². The molecule has 2 rings (SSSR count). The van der Waals surface area contributed by atoms with Crippen LogP contribution >= 0.6 is 0 Å². The summed E-state index contributed by atoms with van der Waals surface area (Å²) in [6.07, 6.45) is 3.68. The van der Waals surface area contributed by atoms with Gasteiger partial charge in [-0.15, -0.1) is 0 Å². The minimum atomic E-state index is -0.192. The van der Waals surface area contributed by atoms with Crippen LogP contribution in [0.5, 0.6) is 0 Å². The molecule has 1 aromatic carbocycles. The van der Waals surface area contributed by atoms with Crippen molar-refractivity contribution in [1.82, 2.24) is 0 Å². The summed E-state index contributed by atoms with van der Waals surface area (Å²) in [6, 6.07) is 6.60. The number of halogens is 1. The van der Waals surface area contributed by atoms with Crippen LogP contribution in [0.15, 0.2) is 24.3 Å². The Hall–Kier alpha value is -0.890. The Bertz CT molecular complexity index is 277. The Balaban J connectivity index is 2.01. The minimum absolute atomic E-state index is 0.0908. The van der Waals surface area contributed by atoms with Gasteiger partial charge in [0.2, 0.25) is 0 Å². The van der Waals surface area contributed by atoms with Crippen LogP contribution in [0.2, 0.25) is 0 Å². The van der Waals surface area contributed by atoms with Crippen molar-refractivity contribution in [3.05, 3.63) is 35.6 Å². The third kappa shape index (κ3) is 2.28. The number of benzene rings is 1. The normalized spacial score (nSPS) is 18.6. The molecule has 0 bridgehead atoms. The average Bonchev–Trinajstić information content (AvgIpc) is 2.89. The molecular formula is C11H14FN. The van der Waals surface area contributed by atoms with E-state index in [4.69, 9.17) is 5.73 Å². The Morgan fingerprint density at radius 1 is 1.31 bits per heavy atom. The van der Waals surface area contributed by atoms with Crippen LogP contribution < -0.4 is 5.73 Å². The summed E-state index contributed by atoms with van der Waals surface area (Å²) in [7, 11) is 0. The molecule has 2 N–H and O–H groups in total. The van der Waals surface area contributed by atoms with Gasteiger partial charge in [-0.1, -0.05) is 25.0 Å². The van der Waals surface area contributed by atoms with Gasteiger partial charge in [0.05, 0.1) is 0 Å². The van der Waals surface area contributed by atoms with Crippen molar-refractivity contribution in [3.8, 4) is 0 Å². The third-order valence-electron chi connectivity index (χ3n) is 2.58. The highest BCUT2D eigenvalue weighted by molar-refractivity contribution is 5.19. The quantitative estimate of drug-likeness (QED) is 0.758. The van der Waals surface area contributed by atoms with Crippen molar-refractivity contribution in [2.45, 2.75) is 25.3 Å². The Morgan fingerprint density at radius 3 is 2.46 bits per heavy atom. The summed E-state index contributed by atoms with van der Waals surface area (Å²) in [5, 5.41) is 0. The number of rotatable bonds is 3. The fraction of sp³-hybridized carbons (Fsp3) is 0.455. The SMILES string of the molecule is NC(CC1CC1)c1ccc(F)cc1. The Morgan fingerprint density at radius 2 is 1.92 bits per heavy atom. The molecule has 0 radical (unpaired) electrons. The Kier molecular flexibility index (Phi) is 2.32. The highest BCUT2D eigenvalue weighted by Crippen LogP contribution is 2.36. The second-order valence-electron chi connectivity index (χ2n) is 3.84. The molecule has 1 saturated carbocycles. The van der Waals surface area contributed by atoms with Crippen molar-refractivity contribution in [1.29, 1.82) is 0 Å². The van der Waals surface area contributed by atoms with Gasteiger partial charge < -0.3 is 5.73 Å². The lowest BCUT2D eigenvalue weighted by Gasteiger charge is -2.10. The van der Waals surface area contributed by atoms with E-state index in [0.717, 1.165) is 17.9 Å². The minimum Gasteiger partial charge on any atom is -0.324 e. The summed E-state index contributed by atoms with van der Waals surface area (Å²) in [5.41, 5.74) is 7.01. The molecule has 1 aromatic rings. The van der Waals surface area contributed by atoms with Crippen molar-refractivity contribution < 1.29 is 4.39 Å². The predicted octanol–water partition coefficient (Wildman–Crippen LogP) is 2.63. The molecule has 0 aromatic heterocycles. The second-order valence-corrected chi connectivity index (χ2v) is 3.84. The largest absolute Gasteiger partial charge is 0.324 e. The molecule has 13 heavy (non-hydrogen) atoms. The summed E-state index contributed by atoms with van der Waals surface area (Å²) in [5.74, 6) is 0.627. The molecule has 0 spiro atoms. The lowest BCUT2D eigenvalue weighted by atomic mass is 10.0. The van der Waals surface area contributed by atoms with Gasteiger partial charge in [-0.3, -0.25) is 0 Å². The lowest BCUT2D eigenvalue weighted by molar-refractivity contribution is 0.591. The molecule has 1 unspecified atom stereocenters. The van der Waals surface area contributed by atoms with Gasteiger partial charge in [-0.05, 0) is 30.0 Å². The zero-order valence-electron chi connectivity index (χ0n) is 7.54. The summed E-state index contributed by atoms with van der Waals surface area (Å²) >= 11 is 0. The van der Waals surface area contributed by atoms with E-state index in [1.54, 1.807) is 12.1 Å². The first-order chi connectivity index (χ1) is 6.25. The Labute approximate surface area is 77.8 Å². The molecule has 2 heteroatoms. The first-order valence-corrected chi connectivity index (χ1v) is 4.77. The molecule has 1 aliphatic carbocycles. The van der Waals surface area contributed by atoms with E-state index in [1.807, 2.05) is 0 Å². The summed E-state index contributed by atoms with van der Waals surface area (Å²) < 4.78 is 12.6. The van der Waals surface area contributed by atoms with Gasteiger partial charge in [0.15, 0.2) is 0 Å². The van der Waals surface area contributed by atoms with Gasteiger partial charge in [0.25, 0.3) is 0 Å². The summed E-state index contributed by atoms with van der Waals surface area (Å²) in [6.45, 7) is 0. The smallest absolute Gasteiger partial charge is 0.123 e. The van der Waals surface area contributed by atoms with Gasteiger partial charge in [0, 0.05) is 6.04 Å². The van der Waals surface area contributed by atoms with E-state index in [2.05, 4.69) is 0 Å². The first kappa shape index (κ1) is 8.70. The maximum atomic E-state index is 12.6. The van der Waals surface area contributed by atoms with Gasteiger partial charge in [-0.2, -0.15) is 0 Å². The second kappa shape index (κ2) is 3.46. The van der Waals surface area contributed by atoms with E-state index in [-0.39, 0.29) is 11.9 Å². The molecule has 0 amide bonds. The van der Waals surface area contributed by atoms with Crippen LogP contribution in [0, 0.1) is 11.7 Å². The number of nitrogens with two attached hydrogens (primary N) is 1. The molecule has 0 aliphatic heterocycles. The molecule has 70 valence electrons. The molecule has 0 heterocycles. The first-order valence-electron chi connectivity index (χ1n) is 4.77. The third-order valence-corrected chi connectivity index (χ3v) is 2.58. The monoisotopic (exact) mass is 179 g/mol. The number of hydrogen-bond acceptors (Lipinski definition) is 1. The van der Waals surface area contributed by atoms with E-state index >= 15 is 0 Å². The van der Waals surface area contributed by atoms with Crippen LogP contribution in [-0.2, 0) is 0 Å². The summed E-state index contributed by atoms with van der Waals surface area (Å²) in [4.78, 5) is 0. The number of hydrogen-bond donors (Lipinski definition) is 1. The molecular weight excluding hydrogens is 165 g/mol. The van der Waals surface area contributed by atoms with Crippen LogP contribution in [0.25, 0.3) is 0 Å². The van der Waals surface area contributed by atoms with Gasteiger partial charge in [-0.25, -0.2) is 4.39 Å². The van der Waals surface area contributed by atoms with E-state index in [9.17, 15) is 4.39 Å². The lowest BCUT2D eigenvalue weighted by Crippen LogP contribution is -2.10. The zero-order chi connectivity index (χ0) is 9.26. The van der Waals surface area contributed by atoms with Crippen molar-refractivity contribution in [3.63, 3.8) is 0 Å². The maximum Gasteiger partial charge on any atom is 0.123 e. The van der Waals surface area contributed by atoms with Crippen molar-refractivity contribution in [2.24, 2.45) is 11.7 Å². The van der Waals surface area contributed by atoms with Gasteiger partial charge >= 0.3 is 0 Å². The van der Waals surface area contributed by atoms with Gasteiger partial charge in [0.1, 0.15) is 5.82 Å². The zero-order valence-corrected chi connectivity index (χ0v) is 7.54. The maximum absolute atomic E-state index is 12.6. The predicted molar refractivity (Wildman–Crippen MR) is 50.7 cm³/mol. The molecule has 1 fully saturated rings. The van der Waals surface area contributed by atoms with Crippen LogP contribution in [-0.4, -0.2) is 0 Å². The topological polar surface area (TPSA) is 26.0 Å². The highest BCUT2D eigenvalue weighted by atomic mass is 19.1. The average molecular weight is 179 g/mol. The van der Waals surface area contributed by atoms with Crippen molar-refractivity contribution in [2.75, 3.05) is 0 Å². The molecule has 0 saturated heterocycles. The van der Waals surface area contributed by atoms with Crippen LogP contribution in [0.1, 0.15) is 30.9 Å². The fourth-order valence-corrected chi connectivity index (χ4v) is 1.56. The molecule has 1 nitrogen and oxygen atoms in total. The molecule has 1 aliphatic rings. The fourth-order valence-electron chi connectivity index (χ4n) is 1.56. The molecule has 1 atom stereocenters. The van der Waals surface area contributed by atoms with E-state index in [0.29, 0.717) is 0 Å². The van der Waals surface area contributed by atoms with E-state index < -0.39 is 0 Å². The van der Waals surface area contributed by atoms with Crippen LogP contribution in [0.4, 0.5) is 4.39 Å². The van der Waals surface area contributed by atoms with Crippen molar-refractivity contribution >= 4 is 0 Å². The highest BCUT2D eigenvalue weighted by Gasteiger charge is 2.24. The standard InChI is InChI=1S/C11H14FN/c12-10-5-3-9(4-6-10)11(13)7-8-1-2-8/h3-6,8,11H,1-2,7,13H2. The van der Waals surface area contributed by atoms with E-state index in [1.165, 1.54) is 25.0 Å².